The van der Waals surface area contributed by atoms with E-state index in [0.29, 0.717) is 30.3 Å². The van der Waals surface area contributed by atoms with Crippen molar-refractivity contribution in [3.63, 3.8) is 0 Å². The third-order valence-corrected chi connectivity index (χ3v) is 12.9. The number of aliphatic hydroxyl groups excluding tert-OH is 1. The number of likely N-dealkylation sites (N-methyl/N-ethyl adjacent to an activating group) is 1. The molecule has 3 unspecified atom stereocenters. The number of nitrogens with one attached hydrogen (secondary N) is 1. The minimum Gasteiger partial charge on any atom is -0.391 e. The van der Waals surface area contributed by atoms with Crippen LogP contribution >= 0.6 is 7.82 Å². The van der Waals surface area contributed by atoms with Gasteiger partial charge in [-0.3, -0.25) is 13.8 Å². The predicted octanol–water partition coefficient (Wildman–Crippen LogP) is 16.5. The maximum absolute atomic E-state index is 13.0. The number of phosphoric acid groups is 1. The van der Waals surface area contributed by atoms with Gasteiger partial charge in [0.15, 0.2) is 0 Å². The van der Waals surface area contributed by atoms with Gasteiger partial charge >= 0.3 is 7.82 Å². The van der Waals surface area contributed by atoms with Gasteiger partial charge in [-0.25, -0.2) is 4.57 Å². The molecule has 0 rings (SSSR count). The molecular weight excluding hydrogens is 852 g/mol. The van der Waals surface area contributed by atoms with Gasteiger partial charge in [-0.2, -0.15) is 0 Å². The third-order valence-electron chi connectivity index (χ3n) is 11.9. The highest BCUT2D eigenvalue weighted by Crippen LogP contribution is 2.43. The van der Waals surface area contributed by atoms with E-state index in [1.165, 1.54) is 122 Å². The van der Waals surface area contributed by atoms with E-state index in [2.05, 4.69) is 104 Å². The first-order valence-corrected chi connectivity index (χ1v) is 28.9. The van der Waals surface area contributed by atoms with Crippen molar-refractivity contribution < 1.29 is 32.9 Å². The fraction of sp³-hybridized carbons (Fsp3) is 0.741. The van der Waals surface area contributed by atoms with Crippen LogP contribution in [0.1, 0.15) is 226 Å². The molecule has 0 spiro atoms. The Bertz CT molecular complexity index is 1360. The quantitative estimate of drug-likeness (QED) is 0.0243. The van der Waals surface area contributed by atoms with E-state index in [4.69, 9.17) is 9.05 Å². The van der Waals surface area contributed by atoms with Crippen LogP contribution in [0, 0.1) is 0 Å². The lowest BCUT2D eigenvalue weighted by molar-refractivity contribution is -0.870. The monoisotopic (exact) mass is 958 g/mol. The van der Waals surface area contributed by atoms with Crippen molar-refractivity contribution in [1.29, 1.82) is 0 Å². The molecule has 0 radical (unpaired) electrons. The number of allylic oxidation sites excluding steroid dienone is 14. The van der Waals surface area contributed by atoms with Gasteiger partial charge in [-0.05, 0) is 64.2 Å². The first-order valence-electron chi connectivity index (χ1n) is 27.5. The third kappa shape index (κ3) is 51.4. The highest BCUT2D eigenvalue weighted by molar-refractivity contribution is 7.47. The van der Waals surface area contributed by atoms with Gasteiger partial charge in [0.2, 0.25) is 5.91 Å². The number of aliphatic hydroxyl groups is 1. The summed E-state index contributed by atoms with van der Waals surface area (Å²) < 4.78 is 23.7. The number of nitrogens with zero attached hydrogens (tertiary/aromatic N) is 1. The maximum atomic E-state index is 13.0. The van der Waals surface area contributed by atoms with Crippen molar-refractivity contribution in [2.24, 2.45) is 0 Å². The Morgan fingerprint density at radius 1 is 0.522 bits per heavy atom. The Hall–Kier alpha value is -2.32. The summed E-state index contributed by atoms with van der Waals surface area (Å²) in [5, 5.41) is 14.0. The van der Waals surface area contributed by atoms with Gasteiger partial charge in [0.1, 0.15) is 13.2 Å². The molecule has 1 amide bonds. The summed E-state index contributed by atoms with van der Waals surface area (Å²) >= 11 is 0. The van der Waals surface area contributed by atoms with Crippen LogP contribution in [0.4, 0.5) is 0 Å². The summed E-state index contributed by atoms with van der Waals surface area (Å²) in [6.45, 7) is 4.74. The van der Waals surface area contributed by atoms with E-state index >= 15 is 0 Å². The number of carbonyl (C=O) groups is 1. The van der Waals surface area contributed by atoms with Crippen molar-refractivity contribution in [2.45, 2.75) is 238 Å². The minimum absolute atomic E-state index is 0.0595. The van der Waals surface area contributed by atoms with Crippen molar-refractivity contribution in [3.8, 4) is 0 Å². The molecule has 0 fully saturated rings. The summed E-state index contributed by atoms with van der Waals surface area (Å²) in [7, 11) is 1.57. The van der Waals surface area contributed by atoms with Crippen LogP contribution in [-0.4, -0.2) is 73.4 Å². The fourth-order valence-corrected chi connectivity index (χ4v) is 8.36. The Morgan fingerprint density at radius 2 is 0.881 bits per heavy atom. The molecule has 0 saturated carbocycles. The Kier molecular flexibility index (Phi) is 47.0. The van der Waals surface area contributed by atoms with E-state index < -0.39 is 20.0 Å². The largest absolute Gasteiger partial charge is 0.472 e. The average molecular weight is 958 g/mol. The van der Waals surface area contributed by atoms with Gasteiger partial charge in [-0.15, -0.1) is 0 Å². The Labute approximate surface area is 414 Å². The summed E-state index contributed by atoms with van der Waals surface area (Å²) in [4.78, 5) is 23.3. The number of carbonyl (C=O) groups excluding carboxylic acids is 1. The maximum Gasteiger partial charge on any atom is 0.472 e. The second-order valence-electron chi connectivity index (χ2n) is 19.6. The molecule has 0 aromatic heterocycles. The first-order chi connectivity index (χ1) is 32.5. The van der Waals surface area contributed by atoms with Crippen LogP contribution in [0.2, 0.25) is 0 Å². The SMILES string of the molecule is CC/C=C\C/C=C\C/C=C\C/C=C\C/C=C\C/C=C\C/C=C\CCCC(=O)NC(COP(=O)(O)OCC[N+](C)(C)C)C(O)CCCCCCCCCCCCCCCCCCCCCCCC. The smallest absolute Gasteiger partial charge is 0.391 e. The number of unbranched alkanes of at least 4 members (excludes halogenated alkanes) is 22. The molecule has 3 atom stereocenters. The number of phosphoric ester groups is 1. The molecule has 0 aromatic rings. The topological polar surface area (TPSA) is 105 Å². The molecule has 0 aliphatic rings. The molecule has 0 aromatic carbocycles. The number of amides is 1. The summed E-state index contributed by atoms with van der Waals surface area (Å²) in [6, 6.07) is -0.798. The van der Waals surface area contributed by atoms with Crippen molar-refractivity contribution in [2.75, 3.05) is 40.9 Å². The van der Waals surface area contributed by atoms with Crippen LogP contribution in [-0.2, 0) is 18.4 Å². The van der Waals surface area contributed by atoms with Crippen molar-refractivity contribution in [3.05, 3.63) is 85.1 Å². The van der Waals surface area contributed by atoms with Crippen molar-refractivity contribution in [1.82, 2.24) is 5.32 Å². The van der Waals surface area contributed by atoms with Gasteiger partial charge < -0.3 is 19.8 Å². The van der Waals surface area contributed by atoms with E-state index in [1.807, 2.05) is 21.1 Å². The van der Waals surface area contributed by atoms with Crippen LogP contribution in [0.25, 0.3) is 0 Å². The lowest BCUT2D eigenvalue weighted by Gasteiger charge is -2.26. The standard InChI is InChI=1S/C58H105N2O6P/c1-6-8-10-12-14-16-18-20-22-24-26-28-30-32-34-36-38-40-42-44-46-48-50-52-58(62)59-56(55-66-67(63,64)65-54-53-60(3,4)5)57(61)51-49-47-45-43-41-39-37-35-33-31-29-27-25-23-21-19-17-15-13-11-9-7-2/h8,10,14,16,20,22,26,28,32,34,38,40,44,46,56-57,61H,6-7,9,11-13,15,17-19,21,23-25,27,29-31,33,35-37,39,41-43,45,47-55H2,1-5H3,(H-,59,62,63,64)/p+1/b10-8-,16-14-,22-20-,28-26-,34-32-,40-38-,46-44-. The molecule has 0 bridgehead atoms. The average Bonchev–Trinajstić information content (AvgIpc) is 3.29. The zero-order valence-electron chi connectivity index (χ0n) is 44.1. The summed E-state index contributed by atoms with van der Waals surface area (Å²) in [5.41, 5.74) is 0. The normalized spacial score (nSPS) is 14.7. The summed E-state index contributed by atoms with van der Waals surface area (Å²) in [5.74, 6) is -0.203. The molecule has 67 heavy (non-hydrogen) atoms. The molecule has 0 aliphatic carbocycles. The number of hydrogen-bond donors (Lipinski definition) is 3. The minimum atomic E-state index is -4.34. The van der Waals surface area contributed by atoms with Gasteiger partial charge in [0.25, 0.3) is 0 Å². The highest BCUT2D eigenvalue weighted by Gasteiger charge is 2.28. The van der Waals surface area contributed by atoms with Crippen LogP contribution in [0.5, 0.6) is 0 Å². The van der Waals surface area contributed by atoms with Gasteiger partial charge in [-0.1, -0.05) is 240 Å². The molecule has 9 heteroatoms. The number of quaternary nitrogens is 1. The zero-order valence-corrected chi connectivity index (χ0v) is 45.0. The van der Waals surface area contributed by atoms with Crippen molar-refractivity contribution >= 4 is 13.7 Å². The summed E-state index contributed by atoms with van der Waals surface area (Å²) in [6.07, 6.45) is 67.8. The van der Waals surface area contributed by atoms with Crippen LogP contribution < -0.4 is 5.32 Å². The lowest BCUT2D eigenvalue weighted by Crippen LogP contribution is -2.46. The van der Waals surface area contributed by atoms with E-state index in [-0.39, 0.29) is 19.1 Å². The van der Waals surface area contributed by atoms with Gasteiger partial charge in [0.05, 0.1) is 39.9 Å². The molecule has 0 saturated heterocycles. The molecule has 3 N–H and O–H groups in total. The molecule has 8 nitrogen and oxygen atoms in total. The van der Waals surface area contributed by atoms with Crippen LogP contribution in [0.3, 0.4) is 0 Å². The Balaban J connectivity index is 4.34. The molecule has 0 heterocycles. The van der Waals surface area contributed by atoms with E-state index in [9.17, 15) is 19.4 Å². The Morgan fingerprint density at radius 3 is 1.25 bits per heavy atom. The van der Waals surface area contributed by atoms with Crippen LogP contribution in [0.15, 0.2) is 85.1 Å². The van der Waals surface area contributed by atoms with Gasteiger partial charge in [0, 0.05) is 6.42 Å². The molecular formula is C58H106N2O6P+. The molecule has 388 valence electrons. The predicted molar refractivity (Wildman–Crippen MR) is 290 cm³/mol. The number of rotatable bonds is 49. The number of hydrogen-bond acceptors (Lipinski definition) is 5. The van der Waals surface area contributed by atoms with E-state index in [0.717, 1.165) is 70.6 Å². The van der Waals surface area contributed by atoms with E-state index in [1.54, 1.807) is 0 Å². The zero-order chi connectivity index (χ0) is 49.2. The molecule has 0 aliphatic heterocycles. The lowest BCUT2D eigenvalue weighted by atomic mass is 10.0. The second-order valence-corrected chi connectivity index (χ2v) is 21.0. The fourth-order valence-electron chi connectivity index (χ4n) is 7.62. The highest BCUT2D eigenvalue weighted by atomic mass is 31.2. The first kappa shape index (κ1) is 64.7. The second kappa shape index (κ2) is 48.7.